The Labute approximate surface area is 206 Å². The van der Waals surface area contributed by atoms with Crippen molar-refractivity contribution in [2.24, 2.45) is 5.92 Å². The second-order valence-corrected chi connectivity index (χ2v) is 8.62. The fraction of sp³-hybridized carbons (Fsp3) is 0.160. The summed E-state index contributed by atoms with van der Waals surface area (Å²) in [5, 5.41) is 6.74. The summed E-state index contributed by atoms with van der Waals surface area (Å²) in [7, 11) is 0. The Kier molecular flexibility index (Phi) is 6.15. The monoisotopic (exact) mass is 487 g/mol. The predicted molar refractivity (Wildman–Crippen MR) is 134 cm³/mol. The number of rotatable bonds is 6. The highest BCUT2D eigenvalue weighted by Gasteiger charge is 2.35. The number of benzene rings is 2. The zero-order chi connectivity index (χ0) is 24.4. The van der Waals surface area contributed by atoms with Crippen LogP contribution in [-0.2, 0) is 9.59 Å². The van der Waals surface area contributed by atoms with Gasteiger partial charge in [0.05, 0.1) is 5.92 Å². The van der Waals surface area contributed by atoms with Gasteiger partial charge in [0.2, 0.25) is 11.8 Å². The van der Waals surface area contributed by atoms with Crippen LogP contribution < -0.4 is 15.5 Å². The summed E-state index contributed by atoms with van der Waals surface area (Å²) in [6.45, 7) is 2.23. The zero-order valence-corrected chi connectivity index (χ0v) is 19.6. The molecule has 9 nitrogen and oxygen atoms in total. The minimum atomic E-state index is -0.429. The van der Waals surface area contributed by atoms with E-state index < -0.39 is 5.92 Å². The summed E-state index contributed by atoms with van der Waals surface area (Å²) < 4.78 is 1.87. The maximum absolute atomic E-state index is 12.8. The van der Waals surface area contributed by atoms with E-state index in [-0.39, 0.29) is 18.2 Å². The molecule has 1 aliphatic rings. The number of amides is 2. The first-order valence-corrected chi connectivity index (χ1v) is 11.4. The molecule has 4 aromatic rings. The van der Waals surface area contributed by atoms with Crippen molar-refractivity contribution in [3.8, 4) is 5.82 Å². The fourth-order valence-electron chi connectivity index (χ4n) is 3.95. The molecule has 2 N–H and O–H groups in total. The molecule has 1 saturated heterocycles. The van der Waals surface area contributed by atoms with Crippen LogP contribution in [-0.4, -0.2) is 37.9 Å². The van der Waals surface area contributed by atoms with Crippen LogP contribution in [0, 0.1) is 12.8 Å². The molecule has 1 atom stereocenters. The normalized spacial score (nSPS) is 15.3. The minimum Gasteiger partial charge on any atom is -0.340 e. The SMILES string of the molecule is Cc1nccn1-c1cc(Nc2ccc(NC(=O)[C@H]3CC(=O)N(c4ccc(Cl)cc4)C3)cc2)ncn1. The third-order valence-corrected chi connectivity index (χ3v) is 6.04. The average Bonchev–Trinajstić information content (AvgIpc) is 3.46. The summed E-state index contributed by atoms with van der Waals surface area (Å²) >= 11 is 5.93. The Morgan fingerprint density at radius 3 is 2.49 bits per heavy atom. The quantitative estimate of drug-likeness (QED) is 0.418. The maximum atomic E-state index is 12.8. The highest BCUT2D eigenvalue weighted by Crippen LogP contribution is 2.27. The molecule has 0 bridgehead atoms. The van der Waals surface area contributed by atoms with Crippen LogP contribution >= 0.6 is 11.6 Å². The van der Waals surface area contributed by atoms with Crippen molar-refractivity contribution >= 4 is 46.3 Å². The predicted octanol–water partition coefficient (Wildman–Crippen LogP) is 4.36. The number of aryl methyl sites for hydroxylation is 1. The number of hydrogen-bond donors (Lipinski definition) is 2. The number of carbonyl (C=O) groups is 2. The van der Waals surface area contributed by atoms with Crippen molar-refractivity contribution < 1.29 is 9.59 Å². The van der Waals surface area contributed by atoms with Gasteiger partial charge in [-0.2, -0.15) is 0 Å². The van der Waals surface area contributed by atoms with E-state index in [2.05, 4.69) is 25.6 Å². The number of hydrogen-bond acceptors (Lipinski definition) is 6. The molecule has 2 aromatic heterocycles. The molecule has 0 aliphatic carbocycles. The first-order valence-electron chi connectivity index (χ1n) is 11.0. The lowest BCUT2D eigenvalue weighted by Crippen LogP contribution is -2.28. The largest absolute Gasteiger partial charge is 0.340 e. The summed E-state index contributed by atoms with van der Waals surface area (Å²) in [5.41, 5.74) is 2.19. The Morgan fingerprint density at radius 2 is 1.77 bits per heavy atom. The van der Waals surface area contributed by atoms with Gasteiger partial charge in [0.15, 0.2) is 0 Å². The topological polar surface area (TPSA) is 105 Å². The van der Waals surface area contributed by atoms with Gasteiger partial charge in [-0.25, -0.2) is 15.0 Å². The summed E-state index contributed by atoms with van der Waals surface area (Å²) in [6.07, 6.45) is 5.21. The van der Waals surface area contributed by atoms with Gasteiger partial charge in [0, 0.05) is 53.5 Å². The van der Waals surface area contributed by atoms with Crippen LogP contribution in [0.4, 0.5) is 22.9 Å². The van der Waals surface area contributed by atoms with Crippen molar-refractivity contribution in [2.45, 2.75) is 13.3 Å². The van der Waals surface area contributed by atoms with Gasteiger partial charge in [0.1, 0.15) is 23.8 Å². The van der Waals surface area contributed by atoms with E-state index in [1.54, 1.807) is 47.5 Å². The van der Waals surface area contributed by atoms with E-state index in [1.165, 1.54) is 6.33 Å². The van der Waals surface area contributed by atoms with E-state index in [0.29, 0.717) is 28.9 Å². The Bertz CT molecular complexity index is 1370. The van der Waals surface area contributed by atoms with E-state index in [4.69, 9.17) is 11.6 Å². The van der Waals surface area contributed by atoms with Gasteiger partial charge in [0.25, 0.3) is 0 Å². The molecule has 35 heavy (non-hydrogen) atoms. The van der Waals surface area contributed by atoms with Crippen LogP contribution in [0.25, 0.3) is 5.82 Å². The fourth-order valence-corrected chi connectivity index (χ4v) is 4.08. The second-order valence-electron chi connectivity index (χ2n) is 8.18. The van der Waals surface area contributed by atoms with Crippen LogP contribution in [0.3, 0.4) is 0 Å². The highest BCUT2D eigenvalue weighted by molar-refractivity contribution is 6.30. The van der Waals surface area contributed by atoms with Crippen molar-refractivity contribution in [2.75, 3.05) is 22.1 Å². The number of carbonyl (C=O) groups excluding carboxylic acids is 2. The molecule has 5 rings (SSSR count). The molecule has 1 fully saturated rings. The Morgan fingerprint density at radius 1 is 1.03 bits per heavy atom. The van der Waals surface area contributed by atoms with E-state index in [1.807, 2.05) is 35.9 Å². The van der Waals surface area contributed by atoms with Gasteiger partial charge in [-0.15, -0.1) is 0 Å². The number of anilines is 4. The number of nitrogens with one attached hydrogen (secondary N) is 2. The number of halogens is 1. The molecule has 0 unspecified atom stereocenters. The van der Waals surface area contributed by atoms with Gasteiger partial charge < -0.3 is 15.5 Å². The smallest absolute Gasteiger partial charge is 0.229 e. The molecule has 1 aliphatic heterocycles. The molecular formula is C25H22ClN7O2. The van der Waals surface area contributed by atoms with Gasteiger partial charge in [-0.05, 0) is 55.5 Å². The van der Waals surface area contributed by atoms with E-state index in [0.717, 1.165) is 17.2 Å². The van der Waals surface area contributed by atoms with E-state index in [9.17, 15) is 9.59 Å². The van der Waals surface area contributed by atoms with Crippen molar-refractivity contribution in [3.63, 3.8) is 0 Å². The molecular weight excluding hydrogens is 466 g/mol. The summed E-state index contributed by atoms with van der Waals surface area (Å²) in [5.74, 6) is 1.47. The highest BCUT2D eigenvalue weighted by atomic mass is 35.5. The van der Waals surface area contributed by atoms with Crippen LogP contribution in [0.1, 0.15) is 12.2 Å². The third-order valence-electron chi connectivity index (χ3n) is 5.78. The number of imidazole rings is 1. The molecule has 2 amide bonds. The van der Waals surface area contributed by atoms with Crippen LogP contribution in [0.2, 0.25) is 5.02 Å². The first-order chi connectivity index (χ1) is 17.0. The van der Waals surface area contributed by atoms with Gasteiger partial charge >= 0.3 is 0 Å². The Hall–Kier alpha value is -4.24. The van der Waals surface area contributed by atoms with Crippen LogP contribution in [0.5, 0.6) is 0 Å². The lowest BCUT2D eigenvalue weighted by atomic mass is 10.1. The molecule has 0 radical (unpaired) electrons. The Balaban J connectivity index is 1.21. The maximum Gasteiger partial charge on any atom is 0.229 e. The molecule has 10 heteroatoms. The summed E-state index contributed by atoms with van der Waals surface area (Å²) in [4.78, 5) is 39.6. The molecule has 176 valence electrons. The van der Waals surface area contributed by atoms with Crippen molar-refractivity contribution in [1.82, 2.24) is 19.5 Å². The van der Waals surface area contributed by atoms with Crippen molar-refractivity contribution in [1.29, 1.82) is 0 Å². The first kappa shape index (κ1) is 22.5. The van der Waals surface area contributed by atoms with Gasteiger partial charge in [-0.3, -0.25) is 14.2 Å². The van der Waals surface area contributed by atoms with Gasteiger partial charge in [-0.1, -0.05) is 11.6 Å². The molecule has 2 aromatic carbocycles. The average molecular weight is 488 g/mol. The standard InChI is InChI=1S/C25H22ClN7O2/c1-16-27-10-11-32(16)23-13-22(28-15-29-23)30-19-4-6-20(7-5-19)31-25(35)17-12-24(34)33(14-17)21-8-2-18(26)3-9-21/h2-11,13,15,17H,12,14H2,1H3,(H,31,35)(H,28,29,30)/t17-/m0/s1. The molecule has 0 spiro atoms. The summed E-state index contributed by atoms with van der Waals surface area (Å²) in [6, 6.07) is 16.1. The zero-order valence-electron chi connectivity index (χ0n) is 18.9. The second kappa shape index (κ2) is 9.55. The molecule has 3 heterocycles. The lowest BCUT2D eigenvalue weighted by Gasteiger charge is -2.17. The number of aromatic nitrogens is 4. The lowest BCUT2D eigenvalue weighted by molar-refractivity contribution is -0.122. The number of nitrogens with zero attached hydrogens (tertiary/aromatic N) is 5. The third kappa shape index (κ3) is 4.99. The van der Waals surface area contributed by atoms with E-state index >= 15 is 0 Å². The molecule has 0 saturated carbocycles. The van der Waals surface area contributed by atoms with Crippen molar-refractivity contribution in [3.05, 3.63) is 84.2 Å². The minimum absolute atomic E-state index is 0.0814. The van der Waals surface area contributed by atoms with Crippen LogP contribution in [0.15, 0.2) is 73.3 Å².